The monoisotopic (exact) mass is 402 g/mol. The number of aliphatic imine (C=N–C) groups is 1. The highest BCUT2D eigenvalue weighted by atomic mass is 19.3. The van der Waals surface area contributed by atoms with Gasteiger partial charge in [0.2, 0.25) is 0 Å². The Balaban J connectivity index is 1.47. The number of hydrogen-bond acceptors (Lipinski definition) is 3. The normalized spacial score (nSPS) is 16.9. The largest absolute Gasteiger partial charge is 0.435 e. The van der Waals surface area contributed by atoms with Gasteiger partial charge in [0.05, 0.1) is 0 Å². The predicted molar refractivity (Wildman–Crippen MR) is 113 cm³/mol. The van der Waals surface area contributed by atoms with E-state index in [0.29, 0.717) is 12.5 Å². The molecule has 1 N–H and O–H groups in total. The quantitative estimate of drug-likeness (QED) is 0.565. The van der Waals surface area contributed by atoms with Gasteiger partial charge < -0.3 is 19.9 Å². The zero-order chi connectivity index (χ0) is 20.6. The van der Waals surface area contributed by atoms with E-state index < -0.39 is 6.61 Å². The molecule has 1 fully saturated rings. The summed E-state index contributed by atoms with van der Waals surface area (Å²) in [6.45, 7) is 0.776. The highest BCUT2D eigenvalue weighted by molar-refractivity contribution is 5.79. The molecule has 0 saturated carbocycles. The molecule has 1 aliphatic rings. The van der Waals surface area contributed by atoms with Crippen LogP contribution in [0.4, 0.5) is 14.5 Å². The molecule has 1 aliphatic heterocycles. The maximum Gasteiger partial charge on any atom is 0.387 e. The van der Waals surface area contributed by atoms with E-state index >= 15 is 0 Å². The summed E-state index contributed by atoms with van der Waals surface area (Å²) in [5.74, 6) is 1.54. The minimum atomic E-state index is -2.81. The van der Waals surface area contributed by atoms with Crippen LogP contribution in [0, 0.1) is 5.92 Å². The Morgan fingerprint density at radius 1 is 1.21 bits per heavy atom. The van der Waals surface area contributed by atoms with Crippen molar-refractivity contribution < 1.29 is 13.5 Å². The number of benzene rings is 2. The van der Waals surface area contributed by atoms with E-state index in [0.717, 1.165) is 37.6 Å². The average Bonchev–Trinajstić information content (AvgIpc) is 3.19. The van der Waals surface area contributed by atoms with Crippen LogP contribution >= 0.6 is 0 Å². The van der Waals surface area contributed by atoms with Crippen molar-refractivity contribution >= 4 is 11.6 Å². The lowest BCUT2D eigenvalue weighted by Gasteiger charge is -2.24. The fraction of sp³-hybridized carbons (Fsp3) is 0.409. The summed E-state index contributed by atoms with van der Waals surface area (Å²) in [7, 11) is 3.73. The van der Waals surface area contributed by atoms with E-state index in [4.69, 9.17) is 0 Å². The molecular weight excluding hydrogens is 374 g/mol. The lowest BCUT2D eigenvalue weighted by atomic mass is 10.1. The molecule has 0 aromatic heterocycles. The number of halogens is 2. The number of alkyl halides is 2. The Kier molecular flexibility index (Phi) is 7.27. The van der Waals surface area contributed by atoms with E-state index in [2.05, 4.69) is 44.2 Å². The van der Waals surface area contributed by atoms with Gasteiger partial charge in [0.1, 0.15) is 5.75 Å². The summed E-state index contributed by atoms with van der Waals surface area (Å²) in [5.41, 5.74) is 2.27. The van der Waals surface area contributed by atoms with Gasteiger partial charge in [0.15, 0.2) is 5.96 Å². The first-order valence-electron chi connectivity index (χ1n) is 9.80. The Morgan fingerprint density at radius 3 is 2.59 bits per heavy atom. The molecule has 1 atom stereocenters. The molecule has 1 saturated heterocycles. The molecule has 0 aliphatic carbocycles. The molecule has 2 aromatic rings. The van der Waals surface area contributed by atoms with Crippen molar-refractivity contribution in [3.05, 3.63) is 60.2 Å². The number of para-hydroxylation sites is 1. The predicted octanol–water partition coefficient (Wildman–Crippen LogP) is 3.82. The van der Waals surface area contributed by atoms with Crippen LogP contribution in [0.2, 0.25) is 0 Å². The van der Waals surface area contributed by atoms with Crippen LogP contribution in [-0.4, -0.2) is 51.2 Å². The van der Waals surface area contributed by atoms with Crippen LogP contribution in [0.1, 0.15) is 12.0 Å². The molecule has 0 spiro atoms. The first kappa shape index (κ1) is 20.9. The highest BCUT2D eigenvalue weighted by Crippen LogP contribution is 2.23. The van der Waals surface area contributed by atoms with Crippen LogP contribution < -0.4 is 15.0 Å². The molecule has 29 heavy (non-hydrogen) atoms. The number of guanidine groups is 1. The summed E-state index contributed by atoms with van der Waals surface area (Å²) in [6, 6.07) is 17.2. The lowest BCUT2D eigenvalue weighted by Crippen LogP contribution is -2.41. The van der Waals surface area contributed by atoms with E-state index in [1.807, 2.05) is 18.0 Å². The zero-order valence-corrected chi connectivity index (χ0v) is 16.9. The number of nitrogens with zero attached hydrogens (tertiary/aromatic N) is 3. The fourth-order valence-corrected chi connectivity index (χ4v) is 3.62. The Bertz CT molecular complexity index is 783. The van der Waals surface area contributed by atoms with Gasteiger partial charge in [-0.1, -0.05) is 30.3 Å². The second-order valence-corrected chi connectivity index (χ2v) is 7.24. The third-order valence-electron chi connectivity index (χ3n) is 5.10. The van der Waals surface area contributed by atoms with E-state index in [1.54, 1.807) is 31.3 Å². The van der Waals surface area contributed by atoms with Crippen molar-refractivity contribution in [2.75, 3.05) is 38.6 Å². The smallest absolute Gasteiger partial charge is 0.387 e. The number of nitrogens with one attached hydrogen (secondary N) is 1. The molecule has 156 valence electrons. The van der Waals surface area contributed by atoms with Gasteiger partial charge in [0.25, 0.3) is 0 Å². The van der Waals surface area contributed by atoms with Crippen molar-refractivity contribution in [3.63, 3.8) is 0 Å². The molecule has 0 amide bonds. The standard InChI is InChI=1S/C22H28F2N4O/c1-25-22(27(2)15-17-8-10-20(11-9-17)29-21(23)24)26-14-18-12-13-28(16-18)19-6-4-3-5-7-19/h3-11,18,21H,12-16H2,1-2H3,(H,25,26). The maximum absolute atomic E-state index is 12.3. The van der Waals surface area contributed by atoms with Gasteiger partial charge in [-0.25, -0.2) is 0 Å². The number of rotatable bonds is 7. The summed E-state index contributed by atoms with van der Waals surface area (Å²) >= 11 is 0. The summed E-state index contributed by atoms with van der Waals surface area (Å²) < 4.78 is 28.9. The minimum absolute atomic E-state index is 0.165. The Morgan fingerprint density at radius 2 is 1.93 bits per heavy atom. The van der Waals surface area contributed by atoms with Crippen LogP contribution in [0.25, 0.3) is 0 Å². The van der Waals surface area contributed by atoms with Crippen molar-refractivity contribution in [1.82, 2.24) is 10.2 Å². The van der Waals surface area contributed by atoms with Crippen LogP contribution in [0.5, 0.6) is 5.75 Å². The molecule has 3 rings (SSSR count). The topological polar surface area (TPSA) is 40.1 Å². The second kappa shape index (κ2) is 10.1. The average molecular weight is 402 g/mol. The fourth-order valence-electron chi connectivity index (χ4n) is 3.62. The molecule has 0 bridgehead atoms. The van der Waals surface area contributed by atoms with Crippen LogP contribution in [0.15, 0.2) is 59.6 Å². The third-order valence-corrected chi connectivity index (χ3v) is 5.10. The summed E-state index contributed by atoms with van der Waals surface area (Å²) in [6.07, 6.45) is 1.15. The van der Waals surface area contributed by atoms with Gasteiger partial charge in [-0.15, -0.1) is 0 Å². The van der Waals surface area contributed by atoms with Crippen LogP contribution in [0.3, 0.4) is 0 Å². The third kappa shape index (κ3) is 6.07. The van der Waals surface area contributed by atoms with Gasteiger partial charge in [-0.05, 0) is 42.2 Å². The van der Waals surface area contributed by atoms with Crippen molar-refractivity contribution in [1.29, 1.82) is 0 Å². The first-order valence-corrected chi connectivity index (χ1v) is 9.80. The van der Waals surface area contributed by atoms with Crippen molar-refractivity contribution in [3.8, 4) is 5.75 Å². The number of anilines is 1. The molecule has 0 radical (unpaired) electrons. The molecule has 1 heterocycles. The number of ether oxygens (including phenoxy) is 1. The highest BCUT2D eigenvalue weighted by Gasteiger charge is 2.23. The molecule has 5 nitrogen and oxygen atoms in total. The molecular formula is C22H28F2N4O. The van der Waals surface area contributed by atoms with E-state index in [1.165, 1.54) is 5.69 Å². The summed E-state index contributed by atoms with van der Waals surface area (Å²) in [5, 5.41) is 3.47. The van der Waals surface area contributed by atoms with E-state index in [9.17, 15) is 8.78 Å². The zero-order valence-electron chi connectivity index (χ0n) is 16.9. The van der Waals surface area contributed by atoms with Crippen molar-refractivity contribution in [2.24, 2.45) is 10.9 Å². The van der Waals surface area contributed by atoms with Gasteiger partial charge in [-0.3, -0.25) is 4.99 Å². The number of hydrogen-bond donors (Lipinski definition) is 1. The SMILES string of the molecule is CN=C(NCC1CCN(c2ccccc2)C1)N(C)Cc1ccc(OC(F)F)cc1. The maximum atomic E-state index is 12.3. The van der Waals surface area contributed by atoms with Gasteiger partial charge >= 0.3 is 6.61 Å². The Hall–Kier alpha value is -2.83. The first-order chi connectivity index (χ1) is 14.0. The van der Waals surface area contributed by atoms with Gasteiger partial charge in [0, 0.05) is 46.0 Å². The molecule has 2 aromatic carbocycles. The summed E-state index contributed by atoms with van der Waals surface area (Å²) in [4.78, 5) is 8.81. The van der Waals surface area contributed by atoms with E-state index in [-0.39, 0.29) is 5.75 Å². The molecule has 7 heteroatoms. The molecule has 1 unspecified atom stereocenters. The van der Waals surface area contributed by atoms with Gasteiger partial charge in [-0.2, -0.15) is 8.78 Å². The lowest BCUT2D eigenvalue weighted by molar-refractivity contribution is -0.0498. The minimum Gasteiger partial charge on any atom is -0.435 e. The van der Waals surface area contributed by atoms with Crippen LogP contribution in [-0.2, 0) is 6.54 Å². The Labute approximate surface area is 171 Å². The second-order valence-electron chi connectivity index (χ2n) is 7.24. The van der Waals surface area contributed by atoms with Crippen molar-refractivity contribution in [2.45, 2.75) is 19.6 Å².